The molecule has 0 aromatic heterocycles. The minimum absolute atomic E-state index is 0.104. The number of amides is 1. The molecule has 17 heavy (non-hydrogen) atoms. The molecule has 2 rings (SSSR count). The SMILES string of the molecule is CC(=O)N1CCC[C@@H]1CN(CC(=O)O)C1CC1. The van der Waals surface area contributed by atoms with E-state index in [0.717, 1.165) is 38.8 Å². The van der Waals surface area contributed by atoms with Crippen molar-refractivity contribution < 1.29 is 14.7 Å². The smallest absolute Gasteiger partial charge is 0.317 e. The second-order valence-electron chi connectivity index (χ2n) is 5.06. The van der Waals surface area contributed by atoms with Gasteiger partial charge in [-0.3, -0.25) is 14.5 Å². The third-order valence-corrected chi connectivity index (χ3v) is 3.63. The van der Waals surface area contributed by atoms with Crippen LogP contribution in [-0.4, -0.2) is 58.5 Å². The number of carbonyl (C=O) groups is 2. The summed E-state index contributed by atoms with van der Waals surface area (Å²) in [5, 5.41) is 8.89. The van der Waals surface area contributed by atoms with Crippen LogP contribution in [0.15, 0.2) is 0 Å². The van der Waals surface area contributed by atoms with Crippen molar-refractivity contribution in [3.05, 3.63) is 0 Å². The number of likely N-dealkylation sites (tertiary alicyclic amines) is 1. The van der Waals surface area contributed by atoms with E-state index in [1.54, 1.807) is 6.92 Å². The molecule has 2 fully saturated rings. The molecule has 1 saturated heterocycles. The molecule has 1 atom stereocenters. The van der Waals surface area contributed by atoms with Gasteiger partial charge in [-0.1, -0.05) is 0 Å². The topological polar surface area (TPSA) is 60.9 Å². The van der Waals surface area contributed by atoms with Crippen LogP contribution in [0.1, 0.15) is 32.6 Å². The number of hydrogen-bond donors (Lipinski definition) is 1. The Morgan fingerprint density at radius 3 is 2.59 bits per heavy atom. The van der Waals surface area contributed by atoms with Crippen LogP contribution in [0, 0.1) is 0 Å². The third-order valence-electron chi connectivity index (χ3n) is 3.63. The first-order valence-corrected chi connectivity index (χ1v) is 6.31. The lowest BCUT2D eigenvalue weighted by molar-refractivity contribution is -0.138. The van der Waals surface area contributed by atoms with Crippen LogP contribution in [0.25, 0.3) is 0 Å². The molecule has 1 amide bonds. The van der Waals surface area contributed by atoms with Gasteiger partial charge < -0.3 is 10.0 Å². The lowest BCUT2D eigenvalue weighted by Gasteiger charge is -2.29. The van der Waals surface area contributed by atoms with E-state index in [4.69, 9.17) is 5.11 Å². The van der Waals surface area contributed by atoms with Gasteiger partial charge in [0.25, 0.3) is 0 Å². The quantitative estimate of drug-likeness (QED) is 0.762. The normalized spacial score (nSPS) is 24.4. The molecule has 0 radical (unpaired) electrons. The molecule has 1 N–H and O–H groups in total. The number of carbonyl (C=O) groups excluding carboxylic acids is 1. The zero-order valence-corrected chi connectivity index (χ0v) is 10.3. The van der Waals surface area contributed by atoms with E-state index in [0.29, 0.717) is 6.04 Å². The first-order valence-electron chi connectivity index (χ1n) is 6.31. The maximum atomic E-state index is 11.4. The van der Waals surface area contributed by atoms with Gasteiger partial charge >= 0.3 is 5.97 Å². The highest BCUT2D eigenvalue weighted by atomic mass is 16.4. The summed E-state index contributed by atoms with van der Waals surface area (Å²) in [6, 6.07) is 0.646. The van der Waals surface area contributed by atoms with E-state index in [9.17, 15) is 9.59 Å². The van der Waals surface area contributed by atoms with Crippen molar-refractivity contribution in [2.45, 2.75) is 44.7 Å². The van der Waals surface area contributed by atoms with E-state index < -0.39 is 5.97 Å². The third kappa shape index (κ3) is 3.19. The van der Waals surface area contributed by atoms with Crippen LogP contribution in [0.3, 0.4) is 0 Å². The predicted octanol–water partition coefficient (Wildman–Crippen LogP) is 0.546. The number of rotatable bonds is 5. The highest BCUT2D eigenvalue weighted by molar-refractivity contribution is 5.74. The van der Waals surface area contributed by atoms with E-state index in [1.165, 1.54) is 0 Å². The van der Waals surface area contributed by atoms with Crippen molar-refractivity contribution in [2.24, 2.45) is 0 Å². The maximum Gasteiger partial charge on any atom is 0.317 e. The summed E-state index contributed by atoms with van der Waals surface area (Å²) in [5.41, 5.74) is 0. The summed E-state index contributed by atoms with van der Waals surface area (Å²) in [6.45, 7) is 3.24. The number of carboxylic acid groups (broad SMARTS) is 1. The Balaban J connectivity index is 1.92. The average molecular weight is 240 g/mol. The summed E-state index contributed by atoms with van der Waals surface area (Å²) in [5.74, 6) is -0.664. The van der Waals surface area contributed by atoms with Gasteiger partial charge in [-0.15, -0.1) is 0 Å². The minimum Gasteiger partial charge on any atom is -0.480 e. The molecular weight excluding hydrogens is 220 g/mol. The molecule has 96 valence electrons. The second kappa shape index (κ2) is 5.04. The maximum absolute atomic E-state index is 11.4. The minimum atomic E-state index is -0.774. The highest BCUT2D eigenvalue weighted by Crippen LogP contribution is 2.28. The van der Waals surface area contributed by atoms with Crippen molar-refractivity contribution in [3.63, 3.8) is 0 Å². The number of aliphatic carboxylic acids is 1. The van der Waals surface area contributed by atoms with Gasteiger partial charge in [-0.2, -0.15) is 0 Å². The molecule has 1 aliphatic carbocycles. The van der Waals surface area contributed by atoms with Gasteiger partial charge in [-0.25, -0.2) is 0 Å². The van der Waals surface area contributed by atoms with Crippen molar-refractivity contribution in [2.75, 3.05) is 19.6 Å². The van der Waals surface area contributed by atoms with Crippen LogP contribution in [0.2, 0.25) is 0 Å². The molecule has 2 aliphatic rings. The summed E-state index contributed by atoms with van der Waals surface area (Å²) in [4.78, 5) is 26.2. The fourth-order valence-electron chi connectivity index (χ4n) is 2.67. The summed E-state index contributed by atoms with van der Waals surface area (Å²) < 4.78 is 0. The van der Waals surface area contributed by atoms with Crippen molar-refractivity contribution in [1.82, 2.24) is 9.80 Å². The van der Waals surface area contributed by atoms with Gasteiger partial charge in [0.2, 0.25) is 5.91 Å². The lowest BCUT2D eigenvalue weighted by Crippen LogP contribution is -2.44. The molecule has 0 aromatic carbocycles. The van der Waals surface area contributed by atoms with Crippen LogP contribution in [-0.2, 0) is 9.59 Å². The Labute approximate surface area is 101 Å². The van der Waals surface area contributed by atoms with E-state index in [2.05, 4.69) is 0 Å². The zero-order valence-electron chi connectivity index (χ0n) is 10.3. The first-order chi connectivity index (χ1) is 8.08. The number of carboxylic acids is 1. The van der Waals surface area contributed by atoms with Crippen LogP contribution in [0.5, 0.6) is 0 Å². The number of nitrogens with zero attached hydrogens (tertiary/aromatic N) is 2. The Morgan fingerprint density at radius 1 is 1.35 bits per heavy atom. The van der Waals surface area contributed by atoms with Gasteiger partial charge in [0.1, 0.15) is 0 Å². The standard InChI is InChI=1S/C12H20N2O3/c1-9(15)14-6-2-3-11(14)7-13(8-12(16)17)10-4-5-10/h10-11H,2-8H2,1H3,(H,16,17)/t11-/m1/s1. The largest absolute Gasteiger partial charge is 0.480 e. The monoisotopic (exact) mass is 240 g/mol. The Hall–Kier alpha value is -1.10. The molecule has 0 bridgehead atoms. The molecule has 0 unspecified atom stereocenters. The molecule has 5 heteroatoms. The van der Waals surface area contributed by atoms with E-state index in [1.807, 2.05) is 9.80 Å². The summed E-state index contributed by atoms with van der Waals surface area (Å²) >= 11 is 0. The van der Waals surface area contributed by atoms with Crippen LogP contribution in [0.4, 0.5) is 0 Å². The zero-order chi connectivity index (χ0) is 12.4. The molecule has 0 spiro atoms. The Bertz CT molecular complexity index is 315. The Morgan fingerprint density at radius 2 is 2.06 bits per heavy atom. The highest BCUT2D eigenvalue weighted by Gasteiger charge is 2.35. The van der Waals surface area contributed by atoms with E-state index in [-0.39, 0.29) is 18.5 Å². The Kier molecular flexibility index (Phi) is 3.66. The predicted molar refractivity (Wildman–Crippen MR) is 62.6 cm³/mol. The van der Waals surface area contributed by atoms with Gasteiger partial charge in [0.05, 0.1) is 6.54 Å². The molecule has 5 nitrogen and oxygen atoms in total. The second-order valence-corrected chi connectivity index (χ2v) is 5.06. The van der Waals surface area contributed by atoms with Gasteiger partial charge in [0, 0.05) is 32.1 Å². The van der Waals surface area contributed by atoms with Crippen molar-refractivity contribution >= 4 is 11.9 Å². The molecule has 1 heterocycles. The lowest BCUT2D eigenvalue weighted by atomic mass is 10.2. The number of hydrogen-bond acceptors (Lipinski definition) is 3. The summed E-state index contributed by atoms with van der Waals surface area (Å²) in [6.07, 6.45) is 4.23. The van der Waals surface area contributed by atoms with Crippen LogP contribution >= 0.6 is 0 Å². The fraction of sp³-hybridized carbons (Fsp3) is 0.833. The summed E-state index contributed by atoms with van der Waals surface area (Å²) in [7, 11) is 0. The average Bonchev–Trinajstić information content (AvgIpc) is 2.97. The fourth-order valence-corrected chi connectivity index (χ4v) is 2.67. The molecular formula is C12H20N2O3. The molecule has 1 saturated carbocycles. The molecule has 0 aromatic rings. The first kappa shape index (κ1) is 12.4. The molecule has 1 aliphatic heterocycles. The van der Waals surface area contributed by atoms with E-state index >= 15 is 0 Å². The van der Waals surface area contributed by atoms with Crippen molar-refractivity contribution in [1.29, 1.82) is 0 Å². The van der Waals surface area contributed by atoms with Crippen LogP contribution < -0.4 is 0 Å². The van der Waals surface area contributed by atoms with Gasteiger partial charge in [-0.05, 0) is 25.7 Å². The van der Waals surface area contributed by atoms with Gasteiger partial charge in [0.15, 0.2) is 0 Å². The van der Waals surface area contributed by atoms with Crippen molar-refractivity contribution in [3.8, 4) is 0 Å².